The summed E-state index contributed by atoms with van der Waals surface area (Å²) in [5, 5.41) is 0. The molecule has 4 heteroatoms. The molecule has 0 radical (unpaired) electrons. The molecule has 0 saturated heterocycles. The van der Waals surface area contributed by atoms with E-state index in [9.17, 15) is 0 Å². The van der Waals surface area contributed by atoms with Gasteiger partial charge in [-0.15, -0.1) is 0 Å². The van der Waals surface area contributed by atoms with Crippen LogP contribution in [0.15, 0.2) is 0 Å². The van der Waals surface area contributed by atoms with Crippen LogP contribution in [0.25, 0.3) is 0 Å². The molecule has 0 aromatic carbocycles. The molecule has 4 heavy (non-hydrogen) atoms. The topological polar surface area (TPSA) is 0 Å². The van der Waals surface area contributed by atoms with Gasteiger partial charge in [0, 0.05) is 0 Å². The standard InChI is InChI=1S/2Cd.2S. The summed E-state index contributed by atoms with van der Waals surface area (Å²) in [5.41, 5.74) is 0. The third-order valence-corrected chi connectivity index (χ3v) is 0. The number of hydrogen-bond acceptors (Lipinski definition) is 2. The van der Waals surface area contributed by atoms with Crippen molar-refractivity contribution in [2.45, 2.75) is 0 Å². The summed E-state index contributed by atoms with van der Waals surface area (Å²) in [6, 6.07) is 0. The fourth-order valence-electron chi connectivity index (χ4n) is 0. The van der Waals surface area contributed by atoms with Gasteiger partial charge >= 0.3 is 64.7 Å². The van der Waals surface area contributed by atoms with Crippen LogP contribution in [0.2, 0.25) is 0 Å². The number of hydrogen-bond donors (Lipinski definition) is 0. The normalized spacial score (nSPS) is 3.00. The Balaban J connectivity index is 0. The first kappa shape index (κ1) is 9.56. The van der Waals surface area contributed by atoms with Crippen molar-refractivity contribution in [3.63, 3.8) is 0 Å². The predicted molar refractivity (Wildman–Crippen MR) is 15.2 cm³/mol. The summed E-state index contributed by atoms with van der Waals surface area (Å²) in [5.74, 6) is 0. The molecule has 16 valence electrons. The van der Waals surface area contributed by atoms with Gasteiger partial charge in [-0.1, -0.05) is 0 Å². The van der Waals surface area contributed by atoms with E-state index in [4.69, 9.17) is 0 Å². The van der Waals surface area contributed by atoms with Crippen LogP contribution in [-0.4, -0.2) is 0 Å². The first-order valence-electron chi connectivity index (χ1n) is 0.577. The number of rotatable bonds is 0. The monoisotopic (exact) mass is 292 g/mol. The van der Waals surface area contributed by atoms with Crippen LogP contribution < -0.4 is 0 Å². The molecule has 0 aromatic heterocycles. The fraction of sp³-hybridized carbons (Fsp3) is 0. The predicted octanol–water partition coefficient (Wildman–Crippen LogP) is 1.29. The van der Waals surface area contributed by atoms with Crippen molar-refractivity contribution < 1.29 is 47.4 Å². The Hall–Kier alpha value is 2.28. The van der Waals surface area contributed by atoms with Gasteiger partial charge in [0.15, 0.2) is 0 Å². The Morgan fingerprint density at radius 2 is 0.750 bits per heavy atom. The Morgan fingerprint density at radius 3 is 0.750 bits per heavy atom. The molecule has 0 atom stereocenters. The van der Waals surface area contributed by atoms with Gasteiger partial charge < -0.3 is 0 Å². The molecule has 0 saturated carbocycles. The molecule has 0 aliphatic heterocycles. The van der Waals surface area contributed by atoms with Crippen molar-refractivity contribution in [1.82, 2.24) is 0 Å². The molecule has 0 bridgehead atoms. The van der Waals surface area contributed by atoms with E-state index in [1.54, 1.807) is 0 Å². The third kappa shape index (κ3) is 8.86. The molecule has 0 aromatic rings. The molecule has 0 nitrogen and oxygen atoms in total. The second-order valence-corrected chi connectivity index (χ2v) is 0. The van der Waals surface area contributed by atoms with Gasteiger partial charge in [-0.25, -0.2) is 0 Å². The molecule has 0 aliphatic carbocycles. The molecule has 0 heterocycles. The maximum atomic E-state index is 4.25. The van der Waals surface area contributed by atoms with Crippen molar-refractivity contribution in [2.75, 3.05) is 0 Å². The summed E-state index contributed by atoms with van der Waals surface area (Å²) in [7, 11) is 8.51. The van der Waals surface area contributed by atoms with E-state index in [1.807, 2.05) is 0 Å². The van der Waals surface area contributed by atoms with E-state index < -0.39 is 0 Å². The SMILES string of the molecule is [S]=[Cd].[S]=[Cd]. The van der Waals surface area contributed by atoms with Gasteiger partial charge in [-0.3, -0.25) is 0 Å². The molecular weight excluding hydrogens is 289 g/mol. The van der Waals surface area contributed by atoms with Gasteiger partial charge in [0.1, 0.15) is 0 Å². The van der Waals surface area contributed by atoms with Gasteiger partial charge in [0.25, 0.3) is 0 Å². The van der Waals surface area contributed by atoms with Crippen molar-refractivity contribution in [2.24, 2.45) is 0 Å². The molecule has 0 N–H and O–H groups in total. The van der Waals surface area contributed by atoms with Crippen molar-refractivity contribution >= 4 is 17.3 Å². The molecule has 0 spiro atoms. The maximum absolute atomic E-state index is 4.25. The van der Waals surface area contributed by atoms with Crippen molar-refractivity contribution in [3.05, 3.63) is 0 Å². The van der Waals surface area contributed by atoms with Gasteiger partial charge in [-0.05, 0) is 0 Å². The van der Waals surface area contributed by atoms with Crippen LogP contribution >= 0.6 is 17.3 Å². The van der Waals surface area contributed by atoms with E-state index in [2.05, 4.69) is 17.3 Å². The van der Waals surface area contributed by atoms with E-state index in [0.29, 0.717) is 0 Å². The van der Waals surface area contributed by atoms with E-state index in [1.165, 1.54) is 0 Å². The Kier molecular flexibility index (Phi) is 44.4. The second kappa shape index (κ2) is 18.6. The molecule has 0 unspecified atom stereocenters. The average molecular weight is 289 g/mol. The molecular formula is Cd2S2. The summed E-state index contributed by atoms with van der Waals surface area (Å²) >= 11 is 1.47. The summed E-state index contributed by atoms with van der Waals surface area (Å²) in [6.45, 7) is 0. The summed E-state index contributed by atoms with van der Waals surface area (Å²) < 4.78 is 0. The zero-order chi connectivity index (χ0) is 4.00. The molecule has 0 rings (SSSR count). The first-order valence-corrected chi connectivity index (χ1v) is 11.6. The van der Waals surface area contributed by atoms with Crippen LogP contribution in [0.1, 0.15) is 0 Å². The Bertz CT molecular complexity index is 6.00. The van der Waals surface area contributed by atoms with Gasteiger partial charge in [0.05, 0.1) is 0 Å². The van der Waals surface area contributed by atoms with Crippen LogP contribution in [0.5, 0.6) is 0 Å². The van der Waals surface area contributed by atoms with E-state index >= 15 is 0 Å². The van der Waals surface area contributed by atoms with Crippen LogP contribution in [-0.2, 0) is 47.4 Å². The van der Waals surface area contributed by atoms with Crippen LogP contribution in [0.3, 0.4) is 0 Å². The minimum atomic E-state index is 0.733. The molecule has 0 fully saturated rings. The van der Waals surface area contributed by atoms with Gasteiger partial charge in [-0.2, -0.15) is 0 Å². The zero-order valence-electron chi connectivity index (χ0n) is 2.23. The first-order chi connectivity index (χ1) is 2.00. The fourth-order valence-corrected chi connectivity index (χ4v) is 0. The molecule has 0 aliphatic rings. The van der Waals surface area contributed by atoms with Crippen LogP contribution in [0.4, 0.5) is 0 Å². The van der Waals surface area contributed by atoms with E-state index in [0.717, 1.165) is 47.4 Å². The Labute approximate surface area is 63.4 Å². The average Bonchev–Trinajstić information content (AvgIpc) is 1.50. The van der Waals surface area contributed by atoms with Gasteiger partial charge in [0.2, 0.25) is 0 Å². The second-order valence-electron chi connectivity index (χ2n) is 0. The van der Waals surface area contributed by atoms with Crippen LogP contribution in [0, 0.1) is 0 Å². The third-order valence-electron chi connectivity index (χ3n) is 0. The quantitative estimate of drug-likeness (QED) is 0.616. The minimum absolute atomic E-state index is 0.733. The Morgan fingerprint density at radius 1 is 0.750 bits per heavy atom. The zero-order valence-corrected chi connectivity index (χ0v) is 11.9. The molecule has 0 amide bonds. The van der Waals surface area contributed by atoms with Crippen molar-refractivity contribution in [1.29, 1.82) is 0 Å². The summed E-state index contributed by atoms with van der Waals surface area (Å²) in [4.78, 5) is 0. The van der Waals surface area contributed by atoms with Crippen molar-refractivity contribution in [3.8, 4) is 0 Å². The summed E-state index contributed by atoms with van der Waals surface area (Å²) in [6.07, 6.45) is 0. The van der Waals surface area contributed by atoms with E-state index in [-0.39, 0.29) is 0 Å².